The second-order valence-electron chi connectivity index (χ2n) is 3.45. The number of aromatic nitrogens is 1. The molecule has 0 bridgehead atoms. The van der Waals surface area contributed by atoms with E-state index in [4.69, 9.17) is 0 Å². The molecule has 2 rings (SSSR count). The van der Waals surface area contributed by atoms with E-state index in [9.17, 15) is 9.59 Å². The topological polar surface area (TPSA) is 62.3 Å². The highest BCUT2D eigenvalue weighted by molar-refractivity contribution is 6.05. The zero-order valence-corrected chi connectivity index (χ0v) is 8.36. The van der Waals surface area contributed by atoms with Crippen LogP contribution >= 0.6 is 0 Å². The van der Waals surface area contributed by atoms with Crippen molar-refractivity contribution < 1.29 is 9.59 Å². The number of rotatable bonds is 1. The van der Waals surface area contributed by atoms with Crippen molar-refractivity contribution in [2.75, 3.05) is 11.4 Å². The lowest BCUT2D eigenvalue weighted by Crippen LogP contribution is -2.49. The van der Waals surface area contributed by atoms with Crippen LogP contribution in [0.3, 0.4) is 0 Å². The van der Waals surface area contributed by atoms with Gasteiger partial charge in [-0.05, 0) is 18.6 Å². The van der Waals surface area contributed by atoms with Gasteiger partial charge in [-0.1, -0.05) is 6.07 Å². The van der Waals surface area contributed by atoms with E-state index >= 15 is 0 Å². The number of anilines is 1. The highest BCUT2D eigenvalue weighted by Gasteiger charge is 2.24. The summed E-state index contributed by atoms with van der Waals surface area (Å²) in [6.07, 6.45) is 2.01. The first-order chi connectivity index (χ1) is 7.16. The number of amides is 3. The third kappa shape index (κ3) is 1.96. The molecular weight excluding hydrogens is 194 g/mol. The number of nitrogens with zero attached hydrogens (tertiary/aromatic N) is 2. The number of nitrogens with one attached hydrogen (secondary N) is 1. The predicted molar refractivity (Wildman–Crippen MR) is 54.5 cm³/mol. The summed E-state index contributed by atoms with van der Waals surface area (Å²) < 4.78 is 0. The summed E-state index contributed by atoms with van der Waals surface area (Å²) in [6, 6.07) is 3.25. The number of pyridine rings is 1. The van der Waals surface area contributed by atoms with Gasteiger partial charge in [0.25, 0.3) is 0 Å². The van der Waals surface area contributed by atoms with Gasteiger partial charge in [-0.15, -0.1) is 0 Å². The summed E-state index contributed by atoms with van der Waals surface area (Å²) in [5.74, 6) is 0.342. The van der Waals surface area contributed by atoms with Crippen molar-refractivity contribution in [3.05, 3.63) is 23.9 Å². The fourth-order valence-electron chi connectivity index (χ4n) is 1.40. The van der Waals surface area contributed by atoms with Crippen LogP contribution in [0.5, 0.6) is 0 Å². The zero-order valence-electron chi connectivity index (χ0n) is 8.36. The van der Waals surface area contributed by atoms with Crippen LogP contribution in [0.15, 0.2) is 18.3 Å². The van der Waals surface area contributed by atoms with Gasteiger partial charge in [0.1, 0.15) is 5.82 Å². The molecule has 1 aliphatic heterocycles. The Balaban J connectivity index is 2.20. The first kappa shape index (κ1) is 9.64. The monoisotopic (exact) mass is 205 g/mol. The molecule has 1 aliphatic rings. The van der Waals surface area contributed by atoms with Crippen LogP contribution in [0, 0.1) is 6.92 Å². The van der Waals surface area contributed by atoms with Crippen molar-refractivity contribution in [2.24, 2.45) is 0 Å². The standard InChI is InChI=1S/C10H11N3O2/c1-7-2-3-8(11-6-7)13-5-4-9(14)12-10(13)15/h2-3,6H,4-5H2,1H3,(H,12,14,15). The van der Waals surface area contributed by atoms with Crippen molar-refractivity contribution >= 4 is 17.8 Å². The summed E-state index contributed by atoms with van der Waals surface area (Å²) >= 11 is 0. The lowest BCUT2D eigenvalue weighted by Gasteiger charge is -2.25. The number of aryl methyl sites for hydroxylation is 1. The fourth-order valence-corrected chi connectivity index (χ4v) is 1.40. The first-order valence-corrected chi connectivity index (χ1v) is 4.71. The number of carbonyl (C=O) groups excluding carboxylic acids is 2. The van der Waals surface area contributed by atoms with Crippen molar-refractivity contribution in [3.8, 4) is 0 Å². The first-order valence-electron chi connectivity index (χ1n) is 4.71. The van der Waals surface area contributed by atoms with Crippen LogP contribution in [0.1, 0.15) is 12.0 Å². The Hall–Kier alpha value is -1.91. The summed E-state index contributed by atoms with van der Waals surface area (Å²) in [6.45, 7) is 2.32. The average Bonchev–Trinajstić information content (AvgIpc) is 2.20. The minimum absolute atomic E-state index is 0.233. The molecule has 2 heterocycles. The highest BCUT2D eigenvalue weighted by atomic mass is 16.2. The van der Waals surface area contributed by atoms with E-state index in [-0.39, 0.29) is 5.91 Å². The smallest absolute Gasteiger partial charge is 0.278 e. The summed E-state index contributed by atoms with van der Waals surface area (Å²) in [4.78, 5) is 28.0. The maximum Gasteiger partial charge on any atom is 0.329 e. The molecule has 0 radical (unpaired) electrons. The molecule has 1 aromatic heterocycles. The van der Waals surface area contributed by atoms with E-state index in [1.807, 2.05) is 13.0 Å². The van der Waals surface area contributed by atoms with E-state index < -0.39 is 6.03 Å². The third-order valence-corrected chi connectivity index (χ3v) is 2.23. The number of hydrogen-bond donors (Lipinski definition) is 1. The van der Waals surface area contributed by atoms with E-state index in [0.29, 0.717) is 18.8 Å². The van der Waals surface area contributed by atoms with Crippen LogP contribution in [-0.4, -0.2) is 23.5 Å². The molecule has 3 amide bonds. The van der Waals surface area contributed by atoms with Crippen molar-refractivity contribution in [3.63, 3.8) is 0 Å². The zero-order chi connectivity index (χ0) is 10.8. The fraction of sp³-hybridized carbons (Fsp3) is 0.300. The van der Waals surface area contributed by atoms with Crippen LogP contribution in [0.25, 0.3) is 0 Å². The van der Waals surface area contributed by atoms with E-state index in [1.54, 1.807) is 12.3 Å². The van der Waals surface area contributed by atoms with Crippen molar-refractivity contribution in [2.45, 2.75) is 13.3 Å². The molecule has 0 saturated carbocycles. The molecule has 0 aromatic carbocycles. The second kappa shape index (κ2) is 3.68. The van der Waals surface area contributed by atoms with E-state index in [1.165, 1.54) is 4.90 Å². The largest absolute Gasteiger partial charge is 0.329 e. The van der Waals surface area contributed by atoms with E-state index in [2.05, 4.69) is 10.3 Å². The predicted octanol–water partition coefficient (Wildman–Crippen LogP) is 0.836. The molecule has 1 fully saturated rings. The minimum atomic E-state index is -0.400. The van der Waals surface area contributed by atoms with Crippen LogP contribution in [0.4, 0.5) is 10.6 Å². The van der Waals surface area contributed by atoms with Gasteiger partial charge >= 0.3 is 6.03 Å². The second-order valence-corrected chi connectivity index (χ2v) is 3.45. The minimum Gasteiger partial charge on any atom is -0.278 e. The Morgan fingerprint density at radius 3 is 2.80 bits per heavy atom. The Morgan fingerprint density at radius 1 is 1.40 bits per heavy atom. The Bertz CT molecular complexity index is 400. The summed E-state index contributed by atoms with van der Waals surface area (Å²) in [7, 11) is 0. The van der Waals surface area contributed by atoms with Gasteiger partial charge in [0.2, 0.25) is 5.91 Å². The molecule has 1 aromatic rings. The summed E-state index contributed by atoms with van der Waals surface area (Å²) in [5.41, 5.74) is 1.03. The SMILES string of the molecule is Cc1ccc(N2CCC(=O)NC2=O)nc1. The Labute approximate surface area is 87.1 Å². The maximum atomic E-state index is 11.4. The third-order valence-electron chi connectivity index (χ3n) is 2.23. The Kier molecular flexibility index (Phi) is 2.37. The number of urea groups is 1. The normalized spacial score (nSPS) is 16.5. The van der Waals surface area contributed by atoms with Gasteiger partial charge in [-0.25, -0.2) is 9.78 Å². The summed E-state index contributed by atoms with van der Waals surface area (Å²) in [5, 5.41) is 2.25. The molecule has 0 spiro atoms. The van der Waals surface area contributed by atoms with Crippen LogP contribution in [0.2, 0.25) is 0 Å². The number of carbonyl (C=O) groups is 2. The number of imide groups is 1. The molecule has 1 N–H and O–H groups in total. The van der Waals surface area contributed by atoms with Gasteiger partial charge in [0.15, 0.2) is 0 Å². The molecule has 5 nitrogen and oxygen atoms in total. The molecular formula is C10H11N3O2. The number of hydrogen-bond acceptors (Lipinski definition) is 3. The highest BCUT2D eigenvalue weighted by Crippen LogP contribution is 2.13. The quantitative estimate of drug-likeness (QED) is 0.738. The molecule has 0 aliphatic carbocycles. The average molecular weight is 205 g/mol. The molecule has 5 heteroatoms. The van der Waals surface area contributed by atoms with Crippen molar-refractivity contribution in [1.82, 2.24) is 10.3 Å². The molecule has 15 heavy (non-hydrogen) atoms. The van der Waals surface area contributed by atoms with Crippen LogP contribution < -0.4 is 10.2 Å². The molecule has 0 unspecified atom stereocenters. The van der Waals surface area contributed by atoms with E-state index in [0.717, 1.165) is 5.56 Å². The lowest BCUT2D eigenvalue weighted by atomic mass is 10.3. The van der Waals surface area contributed by atoms with Gasteiger partial charge in [0.05, 0.1) is 0 Å². The van der Waals surface area contributed by atoms with Gasteiger partial charge in [-0.2, -0.15) is 0 Å². The van der Waals surface area contributed by atoms with Gasteiger partial charge in [-0.3, -0.25) is 15.0 Å². The van der Waals surface area contributed by atoms with Gasteiger partial charge in [0, 0.05) is 19.2 Å². The molecule has 0 atom stereocenters. The maximum absolute atomic E-state index is 11.4. The lowest BCUT2D eigenvalue weighted by molar-refractivity contribution is -0.120. The van der Waals surface area contributed by atoms with Gasteiger partial charge < -0.3 is 0 Å². The van der Waals surface area contributed by atoms with Crippen LogP contribution in [-0.2, 0) is 4.79 Å². The molecule has 78 valence electrons. The Morgan fingerprint density at radius 2 is 2.20 bits per heavy atom. The van der Waals surface area contributed by atoms with Crippen molar-refractivity contribution in [1.29, 1.82) is 0 Å². The molecule has 1 saturated heterocycles.